The molecule has 68 valence electrons. The largest absolute Gasteiger partial charge is 0.352 e. The van der Waals surface area contributed by atoms with Crippen molar-refractivity contribution in [2.75, 3.05) is 12.0 Å². The van der Waals surface area contributed by atoms with Gasteiger partial charge in [-0.05, 0) is 0 Å². The Balaban J connectivity index is 3.54. The first kappa shape index (κ1) is 12.0. The fraction of sp³-hybridized carbons (Fsp3) is 1.00. The average Bonchev–Trinajstić information content (AvgIpc) is 1.84. The Labute approximate surface area is 80.4 Å². The van der Waals surface area contributed by atoms with E-state index in [2.05, 4.69) is 24.0 Å². The number of nitrogens with one attached hydrogen (secondary N) is 1. The fourth-order valence-electron chi connectivity index (χ4n) is 0.685. The first-order valence-electron chi connectivity index (χ1n) is 3.66. The van der Waals surface area contributed by atoms with Crippen LogP contribution in [-0.2, 0) is 11.1 Å². The third kappa shape index (κ3) is 7.36. The van der Waals surface area contributed by atoms with E-state index >= 15 is 0 Å². The van der Waals surface area contributed by atoms with E-state index in [4.69, 9.17) is 16.2 Å². The molecule has 0 heterocycles. The third-order valence-corrected chi connectivity index (χ3v) is 9.87. The second-order valence-corrected chi connectivity index (χ2v) is 11.9. The highest BCUT2D eigenvalue weighted by atomic mass is 35.6. The van der Waals surface area contributed by atoms with Crippen LogP contribution in [0.25, 0.3) is 0 Å². The average molecular weight is 230 g/mol. The van der Waals surface area contributed by atoms with Crippen LogP contribution in [0.15, 0.2) is 0 Å². The molecular formula is C5H18ClN2SSi2+. The van der Waals surface area contributed by atoms with Crippen molar-refractivity contribution in [3.05, 3.63) is 0 Å². The van der Waals surface area contributed by atoms with Gasteiger partial charge < -0.3 is 4.65 Å². The lowest BCUT2D eigenvalue weighted by Crippen LogP contribution is -2.46. The molecule has 0 aromatic rings. The summed E-state index contributed by atoms with van der Waals surface area (Å²) in [6.07, 6.45) is 2.09. The monoisotopic (exact) mass is 229 g/mol. The van der Waals surface area contributed by atoms with Crippen molar-refractivity contribution in [1.29, 1.82) is 0 Å². The normalized spacial score (nSPS) is 16.1. The lowest BCUT2D eigenvalue weighted by Gasteiger charge is -2.20. The molecule has 0 saturated carbocycles. The maximum absolute atomic E-state index is 5.73. The summed E-state index contributed by atoms with van der Waals surface area (Å²) in [5.74, 6) is 1.15. The molecule has 0 aliphatic carbocycles. The van der Waals surface area contributed by atoms with Crippen LogP contribution >= 0.6 is 11.1 Å². The summed E-state index contributed by atoms with van der Waals surface area (Å²) < 4.78 is 3.47. The lowest BCUT2D eigenvalue weighted by atomic mass is 11.0. The van der Waals surface area contributed by atoms with Gasteiger partial charge in [0.15, 0.2) is 8.99 Å². The number of hydrogen-bond acceptors (Lipinski definition) is 2. The first-order chi connectivity index (χ1) is 4.98. The SMILES string of the molecule is C[S+](N)CC[Si](C)(C)N[SiH2]Cl. The van der Waals surface area contributed by atoms with Crippen molar-refractivity contribution in [3.8, 4) is 0 Å². The molecule has 0 radical (unpaired) electrons. The van der Waals surface area contributed by atoms with Gasteiger partial charge in [-0.25, -0.2) is 0 Å². The summed E-state index contributed by atoms with van der Waals surface area (Å²) in [5.41, 5.74) is 0. The van der Waals surface area contributed by atoms with Crippen molar-refractivity contribution >= 4 is 39.4 Å². The van der Waals surface area contributed by atoms with Gasteiger partial charge in [0.25, 0.3) is 0 Å². The van der Waals surface area contributed by atoms with Crippen LogP contribution in [0.4, 0.5) is 0 Å². The van der Waals surface area contributed by atoms with Crippen LogP contribution in [0.2, 0.25) is 19.1 Å². The molecule has 3 N–H and O–H groups in total. The summed E-state index contributed by atoms with van der Waals surface area (Å²) in [6, 6.07) is 1.25. The molecule has 0 aromatic heterocycles. The summed E-state index contributed by atoms with van der Waals surface area (Å²) in [7, 11) is -1.65. The number of rotatable bonds is 5. The van der Waals surface area contributed by atoms with Gasteiger partial charge in [0, 0.05) is 6.04 Å². The molecule has 11 heavy (non-hydrogen) atoms. The van der Waals surface area contributed by atoms with E-state index < -0.39 is 17.2 Å². The highest BCUT2D eigenvalue weighted by molar-refractivity contribution is 7.94. The van der Waals surface area contributed by atoms with E-state index in [1.165, 1.54) is 6.04 Å². The lowest BCUT2D eigenvalue weighted by molar-refractivity contribution is 1.27. The molecule has 0 bridgehead atoms. The summed E-state index contributed by atoms with van der Waals surface area (Å²) in [4.78, 5) is 0. The Hall–Kier alpha value is 0.994. The topological polar surface area (TPSA) is 38.0 Å². The van der Waals surface area contributed by atoms with Crippen LogP contribution in [0, 0.1) is 0 Å². The van der Waals surface area contributed by atoms with Gasteiger partial charge in [-0.1, -0.05) is 13.1 Å². The second-order valence-electron chi connectivity index (χ2n) is 3.34. The molecule has 0 spiro atoms. The van der Waals surface area contributed by atoms with Gasteiger partial charge in [0.2, 0.25) is 0 Å². The molecule has 0 amide bonds. The molecule has 0 aromatic carbocycles. The number of nitrogens with two attached hydrogens (primary N) is 1. The minimum atomic E-state index is -1.16. The third-order valence-electron chi connectivity index (χ3n) is 1.59. The molecule has 1 unspecified atom stereocenters. The Morgan fingerprint density at radius 1 is 1.64 bits per heavy atom. The van der Waals surface area contributed by atoms with E-state index in [0.717, 1.165) is 5.75 Å². The van der Waals surface area contributed by atoms with Gasteiger partial charge in [0.05, 0.1) is 11.1 Å². The molecule has 1 atom stereocenters. The number of hydrogen-bond donors (Lipinski definition) is 2. The maximum atomic E-state index is 5.73. The predicted molar refractivity (Wildman–Crippen MR) is 62.2 cm³/mol. The summed E-state index contributed by atoms with van der Waals surface area (Å²) >= 11 is 5.84. The Kier molecular flexibility index (Phi) is 6.11. The van der Waals surface area contributed by atoms with Gasteiger partial charge in [-0.3, -0.25) is 0 Å². The highest BCUT2D eigenvalue weighted by Crippen LogP contribution is 2.05. The second kappa shape index (κ2) is 5.61. The van der Waals surface area contributed by atoms with Crippen LogP contribution in [0.3, 0.4) is 0 Å². The molecule has 0 fully saturated rings. The van der Waals surface area contributed by atoms with Gasteiger partial charge in [-0.15, -0.1) is 0 Å². The minimum absolute atomic E-state index is 0.101. The standard InChI is InChI=1S/C5H18ClN2SSi2/c1-9(7)4-5-11(2,3)8-10-6/h8H,4-5,7,10H2,1-3H3/q+1. The molecule has 0 aliphatic heterocycles. The van der Waals surface area contributed by atoms with Gasteiger partial charge in [0.1, 0.15) is 20.2 Å². The summed E-state index contributed by atoms with van der Waals surface area (Å²) in [6.45, 7) is 4.63. The zero-order valence-corrected chi connectivity index (χ0v) is 11.5. The molecule has 0 rings (SSSR count). The molecule has 0 aliphatic rings. The van der Waals surface area contributed by atoms with Gasteiger partial charge >= 0.3 is 0 Å². The van der Waals surface area contributed by atoms with Gasteiger partial charge in [-0.2, -0.15) is 16.2 Å². The first-order valence-corrected chi connectivity index (χ1v) is 11.6. The van der Waals surface area contributed by atoms with E-state index in [1.807, 2.05) is 0 Å². The van der Waals surface area contributed by atoms with Crippen molar-refractivity contribution in [2.45, 2.75) is 19.1 Å². The predicted octanol–water partition coefficient (Wildman–Crippen LogP) is 0.140. The zero-order valence-electron chi connectivity index (χ0n) is 7.48. The van der Waals surface area contributed by atoms with Crippen molar-refractivity contribution < 1.29 is 0 Å². The maximum Gasteiger partial charge on any atom is 0.188 e. The number of halogens is 1. The molecule has 6 heteroatoms. The smallest absolute Gasteiger partial charge is 0.188 e. The van der Waals surface area contributed by atoms with E-state index in [0.29, 0.717) is 0 Å². The Morgan fingerprint density at radius 3 is 2.55 bits per heavy atom. The summed E-state index contributed by atoms with van der Waals surface area (Å²) in [5, 5.41) is 5.70. The van der Waals surface area contributed by atoms with Crippen molar-refractivity contribution in [3.63, 3.8) is 0 Å². The van der Waals surface area contributed by atoms with Crippen LogP contribution in [0.5, 0.6) is 0 Å². The van der Waals surface area contributed by atoms with Crippen LogP contribution < -0.4 is 9.79 Å². The van der Waals surface area contributed by atoms with Crippen LogP contribution in [-0.4, -0.2) is 29.2 Å². The van der Waals surface area contributed by atoms with Crippen molar-refractivity contribution in [1.82, 2.24) is 4.65 Å². The van der Waals surface area contributed by atoms with E-state index in [9.17, 15) is 0 Å². The molecule has 0 saturated heterocycles. The Morgan fingerprint density at radius 2 is 2.18 bits per heavy atom. The van der Waals surface area contributed by atoms with Crippen LogP contribution in [0.1, 0.15) is 0 Å². The molecule has 2 nitrogen and oxygen atoms in total. The minimum Gasteiger partial charge on any atom is -0.352 e. The zero-order chi connectivity index (χ0) is 8.91. The fourth-order valence-corrected chi connectivity index (χ4v) is 9.42. The highest BCUT2D eigenvalue weighted by Gasteiger charge is 2.22. The Bertz CT molecular complexity index is 113. The van der Waals surface area contributed by atoms with E-state index in [1.54, 1.807) is 0 Å². The van der Waals surface area contributed by atoms with E-state index in [-0.39, 0.29) is 11.1 Å². The quantitative estimate of drug-likeness (QED) is 0.400. The van der Waals surface area contributed by atoms with Crippen molar-refractivity contribution in [2.24, 2.45) is 5.14 Å². The molecular weight excluding hydrogens is 212 g/mol.